The highest BCUT2D eigenvalue weighted by atomic mass is 19.1. The number of anilines is 1. The zero-order valence-corrected chi connectivity index (χ0v) is 10.2. The van der Waals surface area contributed by atoms with Crippen LogP contribution in [0.3, 0.4) is 0 Å². The number of carbonyl (C=O) groups is 1. The summed E-state index contributed by atoms with van der Waals surface area (Å²) in [5.41, 5.74) is 0.627. The molecule has 0 spiro atoms. The second-order valence-corrected chi connectivity index (χ2v) is 4.20. The zero-order valence-electron chi connectivity index (χ0n) is 10.2. The van der Waals surface area contributed by atoms with Crippen molar-refractivity contribution in [2.24, 2.45) is 0 Å². The smallest absolute Gasteiger partial charge is 0.337 e. The van der Waals surface area contributed by atoms with Crippen LogP contribution < -0.4 is 5.32 Å². The van der Waals surface area contributed by atoms with Gasteiger partial charge >= 0.3 is 5.97 Å². The van der Waals surface area contributed by atoms with E-state index in [2.05, 4.69) is 10.1 Å². The normalized spacial score (nSPS) is 18.7. The molecule has 1 aliphatic rings. The van der Waals surface area contributed by atoms with Crippen LogP contribution in [0.1, 0.15) is 23.2 Å². The lowest BCUT2D eigenvalue weighted by Gasteiger charge is -2.13. The van der Waals surface area contributed by atoms with Crippen LogP contribution in [-0.2, 0) is 9.47 Å². The number of halogens is 1. The van der Waals surface area contributed by atoms with Crippen LogP contribution in [0.5, 0.6) is 0 Å². The first-order chi connectivity index (χ1) is 8.70. The summed E-state index contributed by atoms with van der Waals surface area (Å²) in [6.07, 6.45) is 2.13. The lowest BCUT2D eigenvalue weighted by molar-refractivity contribution is 0.0600. The van der Waals surface area contributed by atoms with Gasteiger partial charge in [-0.05, 0) is 31.0 Å². The van der Waals surface area contributed by atoms with Crippen LogP contribution in [0.15, 0.2) is 18.2 Å². The van der Waals surface area contributed by atoms with Gasteiger partial charge < -0.3 is 14.8 Å². The van der Waals surface area contributed by atoms with Gasteiger partial charge in [0.05, 0.1) is 24.5 Å². The van der Waals surface area contributed by atoms with Crippen molar-refractivity contribution < 1.29 is 18.7 Å². The second-order valence-electron chi connectivity index (χ2n) is 4.20. The minimum Gasteiger partial charge on any atom is -0.465 e. The molecule has 1 aliphatic heterocycles. The van der Waals surface area contributed by atoms with E-state index in [1.165, 1.54) is 25.3 Å². The van der Waals surface area contributed by atoms with Crippen LogP contribution in [0.4, 0.5) is 10.1 Å². The van der Waals surface area contributed by atoms with Gasteiger partial charge in [0.15, 0.2) is 0 Å². The third-order valence-electron chi connectivity index (χ3n) is 2.93. The van der Waals surface area contributed by atoms with Crippen molar-refractivity contribution in [3.05, 3.63) is 29.6 Å². The van der Waals surface area contributed by atoms with Gasteiger partial charge in [0.2, 0.25) is 0 Å². The average molecular weight is 253 g/mol. The third kappa shape index (κ3) is 2.98. The Labute approximate surface area is 105 Å². The van der Waals surface area contributed by atoms with Gasteiger partial charge in [0.25, 0.3) is 0 Å². The SMILES string of the molecule is COC(=O)c1ccc(F)c(NCC2CCCO2)c1. The van der Waals surface area contributed by atoms with Crippen LogP contribution in [0, 0.1) is 5.82 Å². The van der Waals surface area contributed by atoms with Crippen LogP contribution in [-0.4, -0.2) is 32.3 Å². The van der Waals surface area contributed by atoms with E-state index < -0.39 is 5.97 Å². The summed E-state index contributed by atoms with van der Waals surface area (Å²) in [7, 11) is 1.30. The fraction of sp³-hybridized carbons (Fsp3) is 0.462. The first kappa shape index (κ1) is 12.8. The Kier molecular flexibility index (Phi) is 4.15. The summed E-state index contributed by atoms with van der Waals surface area (Å²) < 4.78 is 23.6. The average Bonchev–Trinajstić information content (AvgIpc) is 2.90. The lowest BCUT2D eigenvalue weighted by Crippen LogP contribution is -2.19. The zero-order chi connectivity index (χ0) is 13.0. The Morgan fingerprint density at radius 3 is 3.11 bits per heavy atom. The van der Waals surface area contributed by atoms with E-state index in [-0.39, 0.29) is 11.9 Å². The summed E-state index contributed by atoms with van der Waals surface area (Å²) in [4.78, 5) is 11.3. The molecule has 4 nitrogen and oxygen atoms in total. The summed E-state index contributed by atoms with van der Waals surface area (Å²) in [5.74, 6) is -0.865. The van der Waals surface area contributed by atoms with Crippen molar-refractivity contribution in [3.8, 4) is 0 Å². The van der Waals surface area contributed by atoms with Crippen LogP contribution >= 0.6 is 0 Å². The quantitative estimate of drug-likeness (QED) is 0.836. The number of esters is 1. The fourth-order valence-corrected chi connectivity index (χ4v) is 1.93. The molecule has 1 saturated heterocycles. The van der Waals surface area contributed by atoms with Gasteiger partial charge in [-0.15, -0.1) is 0 Å². The molecule has 1 unspecified atom stereocenters. The number of ether oxygens (including phenoxy) is 2. The van der Waals surface area contributed by atoms with E-state index in [9.17, 15) is 9.18 Å². The van der Waals surface area contributed by atoms with E-state index in [4.69, 9.17) is 4.74 Å². The van der Waals surface area contributed by atoms with Crippen LogP contribution in [0.25, 0.3) is 0 Å². The van der Waals surface area contributed by atoms with Crippen molar-refractivity contribution >= 4 is 11.7 Å². The molecule has 1 aromatic rings. The van der Waals surface area contributed by atoms with Gasteiger partial charge in [0, 0.05) is 13.2 Å². The molecule has 5 heteroatoms. The molecular weight excluding hydrogens is 237 g/mol. The topological polar surface area (TPSA) is 47.6 Å². The number of hydrogen-bond acceptors (Lipinski definition) is 4. The van der Waals surface area contributed by atoms with Crippen molar-refractivity contribution in [1.82, 2.24) is 0 Å². The maximum absolute atomic E-state index is 13.6. The molecular formula is C13H16FNO3. The Hall–Kier alpha value is -1.62. The molecule has 0 aromatic heterocycles. The number of carbonyl (C=O) groups excluding carboxylic acids is 1. The van der Waals surface area contributed by atoms with E-state index in [0.717, 1.165) is 19.4 Å². The first-order valence-electron chi connectivity index (χ1n) is 5.94. The minimum atomic E-state index is -0.477. The summed E-state index contributed by atoms with van der Waals surface area (Å²) in [6, 6.07) is 4.11. The molecule has 1 atom stereocenters. The molecule has 2 rings (SSSR count). The predicted octanol–water partition coefficient (Wildman–Crippen LogP) is 2.20. The predicted molar refractivity (Wildman–Crippen MR) is 65.2 cm³/mol. The number of nitrogens with one attached hydrogen (secondary N) is 1. The number of hydrogen-bond donors (Lipinski definition) is 1. The van der Waals surface area contributed by atoms with Crippen molar-refractivity contribution in [2.75, 3.05) is 25.6 Å². The van der Waals surface area contributed by atoms with Gasteiger partial charge in [-0.3, -0.25) is 0 Å². The van der Waals surface area contributed by atoms with E-state index in [0.29, 0.717) is 17.8 Å². The molecule has 1 fully saturated rings. The Morgan fingerprint density at radius 2 is 2.44 bits per heavy atom. The lowest BCUT2D eigenvalue weighted by atomic mass is 10.2. The molecule has 1 heterocycles. The fourth-order valence-electron chi connectivity index (χ4n) is 1.93. The molecule has 1 N–H and O–H groups in total. The van der Waals surface area contributed by atoms with E-state index in [1.807, 2.05) is 0 Å². The highest BCUT2D eigenvalue weighted by Crippen LogP contribution is 2.18. The first-order valence-corrected chi connectivity index (χ1v) is 5.94. The Morgan fingerprint density at radius 1 is 1.61 bits per heavy atom. The van der Waals surface area contributed by atoms with Crippen molar-refractivity contribution in [1.29, 1.82) is 0 Å². The molecule has 98 valence electrons. The Bertz CT molecular complexity index is 430. The highest BCUT2D eigenvalue weighted by Gasteiger charge is 2.16. The monoisotopic (exact) mass is 253 g/mol. The van der Waals surface area contributed by atoms with Crippen LogP contribution in [0.2, 0.25) is 0 Å². The molecule has 0 saturated carbocycles. The largest absolute Gasteiger partial charge is 0.465 e. The third-order valence-corrected chi connectivity index (χ3v) is 2.93. The van der Waals surface area contributed by atoms with Crippen molar-refractivity contribution in [3.63, 3.8) is 0 Å². The van der Waals surface area contributed by atoms with Gasteiger partial charge in [-0.2, -0.15) is 0 Å². The summed E-state index contributed by atoms with van der Waals surface area (Å²) >= 11 is 0. The molecule has 0 amide bonds. The Balaban J connectivity index is 2.03. The van der Waals surface area contributed by atoms with E-state index >= 15 is 0 Å². The second kappa shape index (κ2) is 5.82. The minimum absolute atomic E-state index is 0.117. The number of methoxy groups -OCH3 is 1. The molecule has 0 aliphatic carbocycles. The van der Waals surface area contributed by atoms with Crippen molar-refractivity contribution in [2.45, 2.75) is 18.9 Å². The maximum Gasteiger partial charge on any atom is 0.337 e. The summed E-state index contributed by atoms with van der Waals surface area (Å²) in [5, 5.41) is 2.97. The standard InChI is InChI=1S/C13H16FNO3/c1-17-13(16)9-4-5-11(14)12(7-9)15-8-10-3-2-6-18-10/h4-5,7,10,15H,2-3,6,8H2,1H3. The van der Waals surface area contributed by atoms with Gasteiger partial charge in [-0.1, -0.05) is 0 Å². The summed E-state index contributed by atoms with van der Waals surface area (Å²) in [6.45, 7) is 1.30. The molecule has 18 heavy (non-hydrogen) atoms. The van der Waals surface area contributed by atoms with E-state index in [1.54, 1.807) is 0 Å². The molecule has 0 radical (unpaired) electrons. The molecule has 0 bridgehead atoms. The van der Waals surface area contributed by atoms with Gasteiger partial charge in [-0.25, -0.2) is 9.18 Å². The number of benzene rings is 1. The maximum atomic E-state index is 13.6. The van der Waals surface area contributed by atoms with Gasteiger partial charge in [0.1, 0.15) is 5.82 Å². The highest BCUT2D eigenvalue weighted by molar-refractivity contribution is 5.90. The number of rotatable bonds is 4. The molecule has 1 aromatic carbocycles.